The lowest BCUT2D eigenvalue weighted by Crippen LogP contribution is -2.07. The number of carbonyl (C=O) groups excluding carboxylic acids is 1. The van der Waals surface area contributed by atoms with Gasteiger partial charge in [-0.05, 0) is 42.3 Å². The van der Waals surface area contributed by atoms with E-state index in [1.54, 1.807) is 24.3 Å². The Hall–Kier alpha value is -3.97. The molecular formula is C26H22FNO5. The van der Waals surface area contributed by atoms with Crippen molar-refractivity contribution in [1.82, 2.24) is 0 Å². The van der Waals surface area contributed by atoms with Gasteiger partial charge in [0.25, 0.3) is 0 Å². The molecule has 0 atom stereocenters. The zero-order valence-corrected chi connectivity index (χ0v) is 17.9. The van der Waals surface area contributed by atoms with E-state index in [2.05, 4.69) is 0 Å². The van der Waals surface area contributed by atoms with Gasteiger partial charge in [0.2, 0.25) is 0 Å². The van der Waals surface area contributed by atoms with E-state index in [9.17, 15) is 14.7 Å². The minimum Gasteiger partial charge on any atom is -0.488 e. The first-order valence-corrected chi connectivity index (χ1v) is 10.3. The molecule has 0 unspecified atom stereocenters. The first-order valence-electron chi connectivity index (χ1n) is 10.3. The van der Waals surface area contributed by atoms with Crippen LogP contribution in [0.5, 0.6) is 5.75 Å². The zero-order valence-electron chi connectivity index (χ0n) is 17.9. The summed E-state index contributed by atoms with van der Waals surface area (Å²) in [6.07, 6.45) is 1.14. The molecule has 168 valence electrons. The fourth-order valence-corrected chi connectivity index (χ4v) is 3.72. The fourth-order valence-electron chi connectivity index (χ4n) is 3.72. The zero-order chi connectivity index (χ0) is 23.5. The van der Waals surface area contributed by atoms with E-state index >= 15 is 4.39 Å². The highest BCUT2D eigenvalue weighted by Crippen LogP contribution is 2.34. The lowest BCUT2D eigenvalue weighted by atomic mass is 9.98. The van der Waals surface area contributed by atoms with Crippen LogP contribution in [0.15, 0.2) is 65.3 Å². The number of Topliss-reactive ketones (excluding diaryl/α,β-unsaturated/α-hetero) is 1. The first-order chi connectivity index (χ1) is 15.9. The van der Waals surface area contributed by atoms with Crippen molar-refractivity contribution in [2.45, 2.75) is 26.5 Å². The Kier molecular flexibility index (Phi) is 6.24. The Morgan fingerprint density at radius 2 is 1.91 bits per heavy atom. The Morgan fingerprint density at radius 1 is 1.09 bits per heavy atom. The molecule has 0 saturated carbocycles. The van der Waals surface area contributed by atoms with Crippen molar-refractivity contribution >= 4 is 22.7 Å². The molecular weight excluding hydrogens is 425 g/mol. The number of rotatable bonds is 8. The number of ether oxygens (including phenoxy) is 1. The van der Waals surface area contributed by atoms with Gasteiger partial charge in [-0.15, -0.1) is 0 Å². The largest absolute Gasteiger partial charge is 0.488 e. The second-order valence-corrected chi connectivity index (χ2v) is 7.70. The van der Waals surface area contributed by atoms with Crippen LogP contribution >= 0.6 is 0 Å². The molecule has 3 aromatic carbocycles. The Morgan fingerprint density at radius 3 is 2.64 bits per heavy atom. The highest BCUT2D eigenvalue weighted by molar-refractivity contribution is 5.95. The van der Waals surface area contributed by atoms with Crippen LogP contribution in [-0.4, -0.2) is 16.9 Å². The van der Waals surface area contributed by atoms with Crippen molar-refractivity contribution in [1.29, 1.82) is 0 Å². The molecule has 4 aromatic rings. The summed E-state index contributed by atoms with van der Waals surface area (Å²) in [5.74, 6) is -1.48. The van der Waals surface area contributed by atoms with Crippen LogP contribution in [0.1, 0.15) is 34.0 Å². The number of hydrogen-bond acceptors (Lipinski definition) is 5. The average Bonchev–Trinajstić information content (AvgIpc) is 3.29. The van der Waals surface area contributed by atoms with Crippen molar-refractivity contribution in [3.8, 4) is 16.9 Å². The predicted octanol–water partition coefficient (Wildman–Crippen LogP) is 5.11. The van der Waals surface area contributed by atoms with E-state index in [0.717, 1.165) is 11.1 Å². The highest BCUT2D eigenvalue weighted by Gasteiger charge is 2.18. The number of furan rings is 1. The van der Waals surface area contributed by atoms with Crippen LogP contribution in [0.2, 0.25) is 0 Å². The second-order valence-electron chi connectivity index (χ2n) is 7.70. The van der Waals surface area contributed by atoms with Gasteiger partial charge in [-0.25, -0.2) is 4.39 Å². The number of benzene rings is 3. The molecule has 6 nitrogen and oxygen atoms in total. The SMILES string of the molecule is CC(=O)c1ccc(CC(=O)O)c(OCc2cc(-c3cccc(CN)c3)c3occc3c2F)c1. The lowest BCUT2D eigenvalue weighted by molar-refractivity contribution is -0.136. The van der Waals surface area contributed by atoms with Crippen LogP contribution in [0.25, 0.3) is 22.1 Å². The van der Waals surface area contributed by atoms with Gasteiger partial charge < -0.3 is 20.0 Å². The maximum absolute atomic E-state index is 15.3. The normalized spacial score (nSPS) is 11.0. The molecule has 33 heavy (non-hydrogen) atoms. The van der Waals surface area contributed by atoms with E-state index in [1.807, 2.05) is 24.3 Å². The maximum atomic E-state index is 15.3. The summed E-state index contributed by atoms with van der Waals surface area (Å²) >= 11 is 0. The average molecular weight is 447 g/mol. The number of ketones is 1. The van der Waals surface area contributed by atoms with Crippen molar-refractivity contribution in [2.75, 3.05) is 0 Å². The van der Waals surface area contributed by atoms with Gasteiger partial charge in [0.1, 0.15) is 23.8 Å². The molecule has 0 bridgehead atoms. The molecule has 0 spiro atoms. The molecule has 0 amide bonds. The van der Waals surface area contributed by atoms with E-state index in [0.29, 0.717) is 34.2 Å². The highest BCUT2D eigenvalue weighted by atomic mass is 19.1. The number of nitrogens with two attached hydrogens (primary N) is 1. The molecule has 0 radical (unpaired) electrons. The molecule has 0 aliphatic rings. The standard InChI is InChI=1S/C26H22FNO5/c1-15(29)17-5-6-19(12-24(30)31)23(11-17)33-14-20-10-22(18-4-2-3-16(9-18)13-28)26-21(25(20)27)7-8-32-26/h2-11H,12-14,28H2,1H3,(H,30,31). The minimum absolute atomic E-state index is 0.162. The van der Waals surface area contributed by atoms with Crippen LogP contribution < -0.4 is 10.5 Å². The third-order valence-electron chi connectivity index (χ3n) is 5.42. The van der Waals surface area contributed by atoms with Crippen LogP contribution in [0, 0.1) is 5.82 Å². The summed E-state index contributed by atoms with van der Waals surface area (Å²) in [5, 5.41) is 9.51. The summed E-state index contributed by atoms with van der Waals surface area (Å²) in [6, 6.07) is 15.4. The Balaban J connectivity index is 1.74. The van der Waals surface area contributed by atoms with Gasteiger partial charge in [0.05, 0.1) is 18.1 Å². The molecule has 0 saturated heterocycles. The third-order valence-corrected chi connectivity index (χ3v) is 5.42. The van der Waals surface area contributed by atoms with Crippen molar-refractivity contribution < 1.29 is 28.2 Å². The summed E-state index contributed by atoms with van der Waals surface area (Å²) in [6.45, 7) is 1.61. The fraction of sp³-hybridized carbons (Fsp3) is 0.154. The van der Waals surface area contributed by atoms with Crippen LogP contribution in [-0.2, 0) is 24.4 Å². The van der Waals surface area contributed by atoms with Crippen molar-refractivity contribution in [2.24, 2.45) is 5.73 Å². The molecule has 3 N–H and O–H groups in total. The predicted molar refractivity (Wildman–Crippen MR) is 122 cm³/mol. The number of aliphatic carboxylic acids is 1. The molecule has 1 aromatic heterocycles. The first kappa shape index (κ1) is 22.2. The van der Waals surface area contributed by atoms with Gasteiger partial charge in [0, 0.05) is 28.8 Å². The summed E-state index contributed by atoms with van der Waals surface area (Å²) in [7, 11) is 0. The summed E-state index contributed by atoms with van der Waals surface area (Å²) in [5.41, 5.74) is 9.66. The van der Waals surface area contributed by atoms with E-state index in [1.165, 1.54) is 19.3 Å². The lowest BCUT2D eigenvalue weighted by Gasteiger charge is -2.14. The van der Waals surface area contributed by atoms with Gasteiger partial charge in [-0.3, -0.25) is 9.59 Å². The topological polar surface area (TPSA) is 103 Å². The van der Waals surface area contributed by atoms with Gasteiger partial charge in [0.15, 0.2) is 5.78 Å². The summed E-state index contributed by atoms with van der Waals surface area (Å²) in [4.78, 5) is 23.0. The second kappa shape index (κ2) is 9.26. The minimum atomic E-state index is -1.04. The third kappa shape index (κ3) is 4.63. The number of carboxylic acids is 1. The smallest absolute Gasteiger partial charge is 0.307 e. The van der Waals surface area contributed by atoms with E-state index < -0.39 is 11.8 Å². The number of halogens is 1. The van der Waals surface area contributed by atoms with Crippen LogP contribution in [0.4, 0.5) is 4.39 Å². The molecule has 1 heterocycles. The molecule has 4 rings (SSSR count). The Labute approximate surface area is 189 Å². The summed E-state index contributed by atoms with van der Waals surface area (Å²) < 4.78 is 26.7. The number of carbonyl (C=O) groups is 2. The quantitative estimate of drug-likeness (QED) is 0.364. The van der Waals surface area contributed by atoms with Gasteiger partial charge in [-0.1, -0.05) is 30.3 Å². The number of fused-ring (bicyclic) bond motifs is 1. The van der Waals surface area contributed by atoms with E-state index in [-0.39, 0.29) is 30.1 Å². The van der Waals surface area contributed by atoms with E-state index in [4.69, 9.17) is 14.9 Å². The van der Waals surface area contributed by atoms with Gasteiger partial charge >= 0.3 is 5.97 Å². The number of carboxylic acid groups (broad SMARTS) is 1. The maximum Gasteiger partial charge on any atom is 0.307 e. The van der Waals surface area contributed by atoms with Crippen molar-refractivity contribution in [3.05, 3.63) is 88.9 Å². The van der Waals surface area contributed by atoms with Crippen molar-refractivity contribution in [3.63, 3.8) is 0 Å². The van der Waals surface area contributed by atoms with Gasteiger partial charge in [-0.2, -0.15) is 0 Å². The number of hydrogen-bond donors (Lipinski definition) is 2. The molecule has 0 fully saturated rings. The monoisotopic (exact) mass is 447 g/mol. The molecule has 7 heteroatoms. The molecule has 0 aliphatic carbocycles. The Bertz CT molecular complexity index is 1360. The van der Waals surface area contributed by atoms with Crippen LogP contribution in [0.3, 0.4) is 0 Å². The molecule has 0 aliphatic heterocycles.